The standard InChI is InChI=1S/C25H30AsClO4/c1-31-22-13-12-20(18-21(22)27)25(14-15-25)24(30)26(16-6-5-11-23(28)29)17-7-10-19-8-3-2-4-9-19/h2-4,8-9,12-13,18H,5-7,10-11,14-17H2,1H3,(H,28,29). The first-order valence-corrected chi connectivity index (χ1v) is 14.8. The maximum atomic E-state index is 13.7. The van der Waals surface area contributed by atoms with Crippen molar-refractivity contribution in [3.63, 3.8) is 0 Å². The maximum absolute atomic E-state index is 13.7. The summed E-state index contributed by atoms with van der Waals surface area (Å²) in [5.41, 5.74) is 1.93. The van der Waals surface area contributed by atoms with E-state index in [1.807, 2.05) is 24.3 Å². The number of aliphatic carboxylic acids is 1. The summed E-state index contributed by atoms with van der Waals surface area (Å²) in [7, 11) is 1.59. The van der Waals surface area contributed by atoms with E-state index in [0.717, 1.165) is 48.1 Å². The van der Waals surface area contributed by atoms with Gasteiger partial charge in [0.2, 0.25) is 0 Å². The van der Waals surface area contributed by atoms with E-state index < -0.39 is 20.6 Å². The first-order valence-electron chi connectivity index (χ1n) is 10.9. The van der Waals surface area contributed by atoms with Crippen molar-refractivity contribution in [2.75, 3.05) is 7.11 Å². The Balaban J connectivity index is 1.69. The molecule has 1 N–H and O–H groups in total. The zero-order chi connectivity index (χ0) is 22.3. The Morgan fingerprint density at radius 2 is 1.77 bits per heavy atom. The summed E-state index contributed by atoms with van der Waals surface area (Å²) in [5, 5.41) is 11.3. The van der Waals surface area contributed by atoms with Gasteiger partial charge < -0.3 is 0 Å². The van der Waals surface area contributed by atoms with Crippen molar-refractivity contribution in [1.29, 1.82) is 0 Å². The van der Waals surface area contributed by atoms with Gasteiger partial charge in [-0.05, 0) is 0 Å². The van der Waals surface area contributed by atoms with E-state index in [2.05, 4.69) is 24.3 Å². The number of methoxy groups -OCH3 is 1. The third kappa shape index (κ3) is 6.37. The molecule has 1 fully saturated rings. The van der Waals surface area contributed by atoms with Crippen LogP contribution in [0.25, 0.3) is 0 Å². The van der Waals surface area contributed by atoms with E-state index in [1.165, 1.54) is 5.56 Å². The monoisotopic (exact) mass is 504 g/mol. The zero-order valence-electron chi connectivity index (χ0n) is 18.0. The fourth-order valence-electron chi connectivity index (χ4n) is 4.03. The van der Waals surface area contributed by atoms with E-state index in [9.17, 15) is 9.59 Å². The van der Waals surface area contributed by atoms with Crippen LogP contribution in [0.5, 0.6) is 5.75 Å². The predicted molar refractivity (Wildman–Crippen MR) is 126 cm³/mol. The van der Waals surface area contributed by atoms with Crippen molar-refractivity contribution < 1.29 is 19.4 Å². The third-order valence-electron chi connectivity index (χ3n) is 5.96. The molecule has 4 nitrogen and oxygen atoms in total. The Bertz CT molecular complexity index is 896. The summed E-state index contributed by atoms with van der Waals surface area (Å²) in [6.45, 7) is 0. The molecule has 2 aromatic carbocycles. The van der Waals surface area contributed by atoms with Crippen LogP contribution in [0.2, 0.25) is 15.4 Å². The van der Waals surface area contributed by atoms with Crippen LogP contribution in [0.1, 0.15) is 49.7 Å². The zero-order valence-corrected chi connectivity index (χ0v) is 20.6. The molecular formula is C25H30AsClO4. The van der Waals surface area contributed by atoms with Gasteiger partial charge in [0, 0.05) is 0 Å². The van der Waals surface area contributed by atoms with Crippen molar-refractivity contribution in [2.45, 2.75) is 60.8 Å². The van der Waals surface area contributed by atoms with Crippen molar-refractivity contribution in [1.82, 2.24) is 0 Å². The minimum atomic E-state index is -1.79. The summed E-state index contributed by atoms with van der Waals surface area (Å²) in [4.78, 5) is 24.6. The van der Waals surface area contributed by atoms with Crippen LogP contribution in [0.4, 0.5) is 0 Å². The van der Waals surface area contributed by atoms with Crippen LogP contribution in [0.15, 0.2) is 48.5 Å². The van der Waals surface area contributed by atoms with Crippen LogP contribution in [-0.2, 0) is 21.4 Å². The summed E-state index contributed by atoms with van der Waals surface area (Å²) in [6, 6.07) is 16.1. The molecule has 0 amide bonds. The van der Waals surface area contributed by atoms with E-state index >= 15 is 0 Å². The molecule has 0 saturated heterocycles. The topological polar surface area (TPSA) is 63.6 Å². The molecule has 1 saturated carbocycles. The molecule has 1 aliphatic carbocycles. The predicted octanol–water partition coefficient (Wildman–Crippen LogP) is 5.87. The molecule has 0 aliphatic heterocycles. The fourth-order valence-corrected chi connectivity index (χ4v) is 10.0. The molecule has 0 bridgehead atoms. The second kappa shape index (κ2) is 11.2. The normalized spacial score (nSPS) is 15.3. The number of benzene rings is 2. The number of carbonyl (C=O) groups excluding carboxylic acids is 1. The molecule has 0 radical (unpaired) electrons. The van der Waals surface area contributed by atoms with Gasteiger partial charge in [-0.2, -0.15) is 0 Å². The van der Waals surface area contributed by atoms with Gasteiger partial charge in [-0.25, -0.2) is 0 Å². The van der Waals surface area contributed by atoms with Crippen molar-refractivity contribution in [2.24, 2.45) is 0 Å². The number of ether oxygens (including phenoxy) is 1. The third-order valence-corrected chi connectivity index (χ3v) is 11.9. The Morgan fingerprint density at radius 3 is 2.39 bits per heavy atom. The number of carboxylic acid groups (broad SMARTS) is 1. The van der Waals surface area contributed by atoms with Gasteiger partial charge >= 0.3 is 195 Å². The summed E-state index contributed by atoms with van der Waals surface area (Å²) in [6.07, 6.45) is 5.40. The van der Waals surface area contributed by atoms with E-state index in [0.29, 0.717) is 21.8 Å². The summed E-state index contributed by atoms with van der Waals surface area (Å²) >= 11 is 4.56. The SMILES string of the molecule is COc1ccc(C2(C(=O)[As](CCCCC(=O)O)CCCc3ccccc3)CC2)cc1Cl. The van der Waals surface area contributed by atoms with Gasteiger partial charge in [0.25, 0.3) is 0 Å². The Morgan fingerprint density at radius 1 is 1.06 bits per heavy atom. The molecular weight excluding hydrogens is 475 g/mol. The van der Waals surface area contributed by atoms with Gasteiger partial charge in [0.1, 0.15) is 0 Å². The van der Waals surface area contributed by atoms with Crippen LogP contribution in [0, 0.1) is 0 Å². The summed E-state index contributed by atoms with van der Waals surface area (Å²) in [5.74, 6) is -0.138. The second-order valence-corrected chi connectivity index (χ2v) is 13.6. The Labute approximate surface area is 194 Å². The Kier molecular flexibility index (Phi) is 8.63. The van der Waals surface area contributed by atoms with Gasteiger partial charge in [-0.3, -0.25) is 0 Å². The van der Waals surface area contributed by atoms with Crippen LogP contribution in [-0.4, -0.2) is 37.4 Å². The number of hydrogen-bond donors (Lipinski definition) is 1. The minimum absolute atomic E-state index is 0.180. The van der Waals surface area contributed by atoms with Gasteiger partial charge in [-0.1, -0.05) is 0 Å². The van der Waals surface area contributed by atoms with E-state index in [4.69, 9.17) is 21.4 Å². The van der Waals surface area contributed by atoms with Crippen molar-refractivity contribution in [3.05, 3.63) is 64.7 Å². The molecule has 0 spiro atoms. The van der Waals surface area contributed by atoms with Crippen molar-refractivity contribution in [3.8, 4) is 5.75 Å². The van der Waals surface area contributed by atoms with Crippen LogP contribution >= 0.6 is 11.6 Å². The quantitative estimate of drug-likeness (QED) is 0.274. The number of hydrogen-bond acceptors (Lipinski definition) is 3. The number of carbonyl (C=O) groups is 2. The molecule has 31 heavy (non-hydrogen) atoms. The average Bonchev–Trinajstić information content (AvgIpc) is 3.57. The average molecular weight is 505 g/mol. The van der Waals surface area contributed by atoms with Crippen LogP contribution in [0.3, 0.4) is 0 Å². The Hall–Kier alpha value is -1.77. The van der Waals surface area contributed by atoms with Gasteiger partial charge in [0.05, 0.1) is 0 Å². The molecule has 3 rings (SSSR count). The molecule has 0 heterocycles. The molecule has 1 aliphatic rings. The molecule has 1 atom stereocenters. The number of carboxylic acids is 1. The number of halogens is 1. The van der Waals surface area contributed by atoms with Crippen molar-refractivity contribution >= 4 is 36.8 Å². The molecule has 6 heteroatoms. The fraction of sp³-hybridized carbons (Fsp3) is 0.440. The number of rotatable bonds is 13. The number of aryl methyl sites for hydroxylation is 1. The molecule has 0 aromatic heterocycles. The molecule has 1 unspecified atom stereocenters. The first kappa shape index (κ1) is 23.9. The molecule has 166 valence electrons. The van der Waals surface area contributed by atoms with Gasteiger partial charge in [-0.15, -0.1) is 0 Å². The number of unbranched alkanes of at least 4 members (excludes halogenated alkanes) is 1. The van der Waals surface area contributed by atoms with Crippen LogP contribution < -0.4 is 4.74 Å². The molecule has 2 aromatic rings. The first-order chi connectivity index (χ1) is 15.0. The summed E-state index contributed by atoms with van der Waals surface area (Å²) < 4.78 is 5.70. The second-order valence-electron chi connectivity index (χ2n) is 8.16. The van der Waals surface area contributed by atoms with E-state index in [-0.39, 0.29) is 11.8 Å². The van der Waals surface area contributed by atoms with Gasteiger partial charge in [0.15, 0.2) is 0 Å². The van der Waals surface area contributed by atoms with E-state index in [1.54, 1.807) is 7.11 Å².